The van der Waals surface area contributed by atoms with Gasteiger partial charge in [-0.25, -0.2) is 0 Å². The quantitative estimate of drug-likeness (QED) is 0.637. The first kappa shape index (κ1) is 21.5. The van der Waals surface area contributed by atoms with Crippen molar-refractivity contribution in [1.82, 2.24) is 15.2 Å². The standard InChI is InChI=1S/C23H29N3O5S/c27-22-16(9-15-10-20-21(11-19(15)25-22)31-8-7-30-20)13-26(14-18-4-2-6-29-18)23(32)24-12-17-3-1-5-28-17/h9-11,17-18H,1-8,12-14H2,(H,24,32)(H,25,27)/t17-,18+/m1/s1. The molecule has 9 heteroatoms. The van der Waals surface area contributed by atoms with Crippen molar-refractivity contribution >= 4 is 28.2 Å². The first-order valence-electron chi connectivity index (χ1n) is 11.4. The maximum atomic E-state index is 12.9. The van der Waals surface area contributed by atoms with Crippen LogP contribution >= 0.6 is 12.2 Å². The lowest BCUT2D eigenvalue weighted by molar-refractivity contribution is 0.0885. The van der Waals surface area contributed by atoms with Crippen LogP contribution in [0.1, 0.15) is 31.2 Å². The van der Waals surface area contributed by atoms with E-state index >= 15 is 0 Å². The molecule has 0 spiro atoms. The summed E-state index contributed by atoms with van der Waals surface area (Å²) >= 11 is 5.72. The maximum Gasteiger partial charge on any atom is 0.253 e. The number of nitrogens with zero attached hydrogens (tertiary/aromatic N) is 1. The predicted octanol–water partition coefficient (Wildman–Crippen LogP) is 2.33. The zero-order valence-corrected chi connectivity index (χ0v) is 18.9. The first-order chi connectivity index (χ1) is 15.7. The third kappa shape index (κ3) is 4.84. The summed E-state index contributed by atoms with van der Waals surface area (Å²) in [6.07, 6.45) is 4.50. The highest BCUT2D eigenvalue weighted by molar-refractivity contribution is 7.80. The fourth-order valence-corrected chi connectivity index (χ4v) is 4.71. The largest absolute Gasteiger partial charge is 0.486 e. The van der Waals surface area contributed by atoms with Gasteiger partial charge in [0, 0.05) is 43.3 Å². The lowest BCUT2D eigenvalue weighted by Gasteiger charge is -2.29. The lowest BCUT2D eigenvalue weighted by Crippen LogP contribution is -2.45. The van der Waals surface area contributed by atoms with Crippen LogP contribution in [0, 0.1) is 0 Å². The Hall–Kier alpha value is -2.36. The lowest BCUT2D eigenvalue weighted by atomic mass is 10.1. The average molecular weight is 460 g/mol. The SMILES string of the molecule is O=c1[nH]c2cc3c(cc2cc1CN(C[C@@H]1CCCO1)C(=S)NC[C@H]1CCCO1)OCCO3. The minimum Gasteiger partial charge on any atom is -0.486 e. The molecule has 32 heavy (non-hydrogen) atoms. The van der Waals surface area contributed by atoms with Gasteiger partial charge in [0.05, 0.1) is 24.3 Å². The third-order valence-corrected chi connectivity index (χ3v) is 6.59. The summed E-state index contributed by atoms with van der Waals surface area (Å²) in [6, 6.07) is 5.66. The Morgan fingerprint density at radius 2 is 1.75 bits per heavy atom. The number of H-pyrrole nitrogens is 1. The zero-order chi connectivity index (χ0) is 21.9. The van der Waals surface area contributed by atoms with Gasteiger partial charge in [0.25, 0.3) is 5.56 Å². The van der Waals surface area contributed by atoms with E-state index < -0.39 is 0 Å². The molecule has 2 aromatic rings. The van der Waals surface area contributed by atoms with Gasteiger partial charge in [0.15, 0.2) is 16.6 Å². The van der Waals surface area contributed by atoms with Crippen LogP contribution < -0.4 is 20.3 Å². The van der Waals surface area contributed by atoms with E-state index in [9.17, 15) is 4.79 Å². The van der Waals surface area contributed by atoms with Gasteiger partial charge >= 0.3 is 0 Å². The molecule has 2 fully saturated rings. The summed E-state index contributed by atoms with van der Waals surface area (Å²) in [5.74, 6) is 1.36. The predicted molar refractivity (Wildman–Crippen MR) is 125 cm³/mol. The molecule has 0 radical (unpaired) electrons. The second-order valence-corrected chi connectivity index (χ2v) is 8.93. The van der Waals surface area contributed by atoms with E-state index in [2.05, 4.69) is 10.3 Å². The van der Waals surface area contributed by atoms with Gasteiger partial charge in [0.1, 0.15) is 13.2 Å². The van der Waals surface area contributed by atoms with E-state index in [1.165, 1.54) is 0 Å². The minimum atomic E-state index is -0.131. The molecule has 172 valence electrons. The van der Waals surface area contributed by atoms with Crippen molar-refractivity contribution in [1.29, 1.82) is 0 Å². The van der Waals surface area contributed by atoms with Gasteiger partial charge in [-0.15, -0.1) is 0 Å². The molecule has 0 saturated carbocycles. The molecule has 0 bridgehead atoms. The highest BCUT2D eigenvalue weighted by atomic mass is 32.1. The zero-order valence-electron chi connectivity index (χ0n) is 18.1. The van der Waals surface area contributed by atoms with Crippen LogP contribution in [0.3, 0.4) is 0 Å². The number of hydrogen-bond acceptors (Lipinski definition) is 6. The Labute approximate surface area is 192 Å². The van der Waals surface area contributed by atoms with E-state index in [-0.39, 0.29) is 17.8 Å². The Morgan fingerprint density at radius 1 is 1.03 bits per heavy atom. The summed E-state index contributed by atoms with van der Waals surface area (Å²) in [5.41, 5.74) is 1.25. The number of rotatable bonds is 6. The second-order valence-electron chi connectivity index (χ2n) is 8.54. The van der Waals surface area contributed by atoms with Crippen LogP contribution in [0.5, 0.6) is 11.5 Å². The van der Waals surface area contributed by atoms with Gasteiger partial charge < -0.3 is 34.1 Å². The number of nitrogens with one attached hydrogen (secondary N) is 2. The number of ether oxygens (including phenoxy) is 4. The van der Waals surface area contributed by atoms with E-state index in [0.29, 0.717) is 55.0 Å². The van der Waals surface area contributed by atoms with E-state index in [4.69, 9.17) is 31.2 Å². The Morgan fingerprint density at radius 3 is 2.47 bits per heavy atom. The molecule has 0 amide bonds. The molecule has 1 aromatic carbocycles. The molecule has 3 aliphatic heterocycles. The van der Waals surface area contributed by atoms with Crippen LogP contribution in [0.4, 0.5) is 0 Å². The third-order valence-electron chi connectivity index (χ3n) is 6.19. The molecule has 2 atom stereocenters. The summed E-state index contributed by atoms with van der Waals surface area (Å²) in [4.78, 5) is 17.9. The highest BCUT2D eigenvalue weighted by Gasteiger charge is 2.23. The van der Waals surface area contributed by atoms with E-state index in [1.54, 1.807) is 0 Å². The number of thiocarbonyl (C=S) groups is 1. The van der Waals surface area contributed by atoms with Crippen LogP contribution in [-0.4, -0.2) is 66.7 Å². The molecular formula is C23H29N3O5S. The summed E-state index contributed by atoms with van der Waals surface area (Å²) < 4.78 is 22.9. The fraction of sp³-hybridized carbons (Fsp3) is 0.565. The van der Waals surface area contributed by atoms with Gasteiger partial charge in [-0.2, -0.15) is 0 Å². The molecule has 1 aromatic heterocycles. The number of hydrogen-bond donors (Lipinski definition) is 2. The number of fused-ring (bicyclic) bond motifs is 2. The van der Waals surface area contributed by atoms with E-state index in [1.807, 2.05) is 23.1 Å². The number of pyridine rings is 1. The van der Waals surface area contributed by atoms with Crippen LogP contribution in [0.2, 0.25) is 0 Å². The molecule has 4 heterocycles. The molecule has 2 N–H and O–H groups in total. The summed E-state index contributed by atoms with van der Waals surface area (Å²) in [6.45, 7) is 4.34. The van der Waals surface area contributed by atoms with Gasteiger partial charge in [-0.1, -0.05) is 0 Å². The van der Waals surface area contributed by atoms with E-state index in [0.717, 1.165) is 49.8 Å². The highest BCUT2D eigenvalue weighted by Crippen LogP contribution is 2.33. The van der Waals surface area contributed by atoms with Crippen LogP contribution in [0.25, 0.3) is 10.9 Å². The van der Waals surface area contributed by atoms with Crippen molar-refractivity contribution in [3.05, 3.63) is 34.1 Å². The number of aromatic amines is 1. The Bertz CT molecular complexity index is 1030. The average Bonchev–Trinajstić information content (AvgIpc) is 3.50. The van der Waals surface area contributed by atoms with Crippen molar-refractivity contribution < 1.29 is 18.9 Å². The Balaban J connectivity index is 1.36. The first-order valence-corrected chi connectivity index (χ1v) is 11.8. The van der Waals surface area contributed by atoms with Crippen molar-refractivity contribution in [2.24, 2.45) is 0 Å². The van der Waals surface area contributed by atoms with Crippen molar-refractivity contribution in [2.45, 2.75) is 44.4 Å². The van der Waals surface area contributed by atoms with Crippen LogP contribution in [-0.2, 0) is 16.0 Å². The van der Waals surface area contributed by atoms with Crippen LogP contribution in [0.15, 0.2) is 23.0 Å². The fourth-order valence-electron chi connectivity index (χ4n) is 4.48. The van der Waals surface area contributed by atoms with Gasteiger partial charge in [0.2, 0.25) is 0 Å². The maximum absolute atomic E-state index is 12.9. The normalized spacial score (nSPS) is 22.2. The molecular weight excluding hydrogens is 430 g/mol. The second kappa shape index (κ2) is 9.64. The van der Waals surface area contributed by atoms with Crippen molar-refractivity contribution in [2.75, 3.05) is 39.5 Å². The summed E-state index contributed by atoms with van der Waals surface area (Å²) in [7, 11) is 0. The minimum absolute atomic E-state index is 0.120. The molecule has 8 nitrogen and oxygen atoms in total. The molecule has 0 aliphatic carbocycles. The molecule has 3 aliphatic rings. The molecule has 0 unspecified atom stereocenters. The van der Waals surface area contributed by atoms with Gasteiger partial charge in [-0.05, 0) is 50.0 Å². The summed E-state index contributed by atoms with van der Waals surface area (Å²) in [5, 5.41) is 4.87. The monoisotopic (exact) mass is 459 g/mol. The smallest absolute Gasteiger partial charge is 0.253 e. The van der Waals surface area contributed by atoms with Gasteiger partial charge in [-0.3, -0.25) is 4.79 Å². The van der Waals surface area contributed by atoms with Crippen molar-refractivity contribution in [3.8, 4) is 11.5 Å². The number of benzene rings is 1. The topological polar surface area (TPSA) is 85.1 Å². The van der Waals surface area contributed by atoms with Crippen molar-refractivity contribution in [3.63, 3.8) is 0 Å². The molecule has 5 rings (SSSR count). The number of aromatic nitrogens is 1. The Kier molecular flexibility index (Phi) is 6.47. The molecule has 2 saturated heterocycles.